The van der Waals surface area contributed by atoms with E-state index in [0.29, 0.717) is 0 Å². The zero-order valence-corrected chi connectivity index (χ0v) is 9.24. The van der Waals surface area contributed by atoms with Gasteiger partial charge in [-0.3, -0.25) is 10.7 Å². The van der Waals surface area contributed by atoms with Crippen LogP contribution in [0.5, 0.6) is 0 Å². The fraction of sp³-hybridized carbons (Fsp3) is 0.462. The molecule has 84 valence electrons. The summed E-state index contributed by atoms with van der Waals surface area (Å²) in [6, 6.07) is 8.23. The van der Waals surface area contributed by atoms with E-state index >= 15 is 0 Å². The van der Waals surface area contributed by atoms with Crippen LogP contribution in [0.4, 0.5) is 5.69 Å². The molecule has 2 N–H and O–H groups in total. The lowest BCUT2D eigenvalue weighted by Crippen LogP contribution is -2.42. The van der Waals surface area contributed by atoms with Gasteiger partial charge < -0.3 is 0 Å². The van der Waals surface area contributed by atoms with Crippen LogP contribution in [-0.2, 0) is 5.41 Å². The number of fused-ring (bicyclic) bond motifs is 2. The molecule has 0 aromatic heterocycles. The van der Waals surface area contributed by atoms with Crippen LogP contribution in [0, 0.1) is 0 Å². The minimum Gasteiger partial charge on any atom is -0.290 e. The van der Waals surface area contributed by atoms with E-state index in [-0.39, 0.29) is 5.41 Å². The summed E-state index contributed by atoms with van der Waals surface area (Å²) >= 11 is 0. The number of hydrogen-bond donors (Lipinski definition) is 2. The summed E-state index contributed by atoms with van der Waals surface area (Å²) in [6.07, 6.45) is 5.92. The molecule has 1 saturated carbocycles. The van der Waals surface area contributed by atoms with Crippen LogP contribution >= 0.6 is 0 Å². The Morgan fingerprint density at radius 1 is 1.12 bits per heavy atom. The maximum Gasteiger partial charge on any atom is 0.136 e. The highest BCUT2D eigenvalue weighted by Gasteiger charge is 2.44. The molecule has 0 unspecified atom stereocenters. The van der Waals surface area contributed by atoms with E-state index in [4.69, 9.17) is 0 Å². The van der Waals surface area contributed by atoms with Gasteiger partial charge in [0.25, 0.3) is 0 Å². The molecular formula is C13H16N2O. The highest BCUT2D eigenvalue weighted by molar-refractivity contribution is 5.99. The van der Waals surface area contributed by atoms with Gasteiger partial charge in [0.05, 0.1) is 11.1 Å². The van der Waals surface area contributed by atoms with Gasteiger partial charge in [-0.15, -0.1) is 0 Å². The van der Waals surface area contributed by atoms with Gasteiger partial charge in [0.1, 0.15) is 5.84 Å². The number of nitrogens with one attached hydrogen (secondary N) is 1. The lowest BCUT2D eigenvalue weighted by Gasteiger charge is -2.34. The molecule has 3 rings (SSSR count). The number of nitrogens with zero attached hydrogens (tertiary/aromatic N) is 1. The monoisotopic (exact) mass is 216 g/mol. The smallest absolute Gasteiger partial charge is 0.136 e. The van der Waals surface area contributed by atoms with Crippen molar-refractivity contribution in [1.29, 1.82) is 0 Å². The predicted octanol–water partition coefficient (Wildman–Crippen LogP) is 2.91. The Labute approximate surface area is 95.2 Å². The van der Waals surface area contributed by atoms with E-state index in [9.17, 15) is 5.21 Å². The molecule has 1 aliphatic carbocycles. The summed E-state index contributed by atoms with van der Waals surface area (Å²) in [5.41, 5.74) is 4.58. The molecule has 1 aromatic carbocycles. The molecule has 0 saturated heterocycles. The molecule has 0 bridgehead atoms. The molecular weight excluding hydrogens is 200 g/mol. The van der Waals surface area contributed by atoms with Crippen molar-refractivity contribution >= 4 is 11.5 Å². The summed E-state index contributed by atoms with van der Waals surface area (Å²) < 4.78 is 0. The van der Waals surface area contributed by atoms with E-state index < -0.39 is 0 Å². The minimum atomic E-state index is -0.0381. The van der Waals surface area contributed by atoms with Crippen LogP contribution in [0.3, 0.4) is 0 Å². The molecule has 1 heterocycles. The number of amidine groups is 1. The third kappa shape index (κ3) is 1.21. The second kappa shape index (κ2) is 3.59. The zero-order chi connectivity index (χ0) is 11.0. The van der Waals surface area contributed by atoms with Crippen molar-refractivity contribution in [2.24, 2.45) is 4.99 Å². The first-order chi connectivity index (χ1) is 7.87. The maximum atomic E-state index is 9.27. The standard InChI is InChI=1S/C13H16N2O/c16-15-12-13(8-4-1-5-9-13)10-6-2-3-7-11(10)14-12/h2-3,6-7,16H,1,4-5,8-9H2,(H,14,15). The van der Waals surface area contributed by atoms with Gasteiger partial charge >= 0.3 is 0 Å². The first kappa shape index (κ1) is 9.85. The molecule has 16 heavy (non-hydrogen) atoms. The summed E-state index contributed by atoms with van der Waals surface area (Å²) in [4.78, 5) is 4.50. The zero-order valence-electron chi connectivity index (χ0n) is 9.24. The number of rotatable bonds is 0. The lowest BCUT2D eigenvalue weighted by molar-refractivity contribution is 0.218. The van der Waals surface area contributed by atoms with Crippen LogP contribution in [0.15, 0.2) is 29.3 Å². The molecule has 1 spiro atoms. The summed E-state index contributed by atoms with van der Waals surface area (Å²) in [7, 11) is 0. The topological polar surface area (TPSA) is 44.6 Å². The van der Waals surface area contributed by atoms with Crippen LogP contribution in [0.2, 0.25) is 0 Å². The van der Waals surface area contributed by atoms with Crippen molar-refractivity contribution in [1.82, 2.24) is 5.48 Å². The quantitative estimate of drug-likeness (QED) is 0.655. The SMILES string of the molecule is ONC1=Nc2ccccc2C12CCCCC2. The van der Waals surface area contributed by atoms with Crippen molar-refractivity contribution in [3.63, 3.8) is 0 Å². The minimum absolute atomic E-state index is 0.0381. The third-order valence-corrected chi connectivity index (χ3v) is 3.92. The number of benzene rings is 1. The van der Waals surface area contributed by atoms with E-state index in [1.807, 2.05) is 12.1 Å². The number of hydroxylamine groups is 1. The second-order valence-corrected chi connectivity index (χ2v) is 4.73. The number of hydrogen-bond acceptors (Lipinski definition) is 3. The maximum absolute atomic E-state index is 9.27. The van der Waals surface area contributed by atoms with Gasteiger partial charge in [0.15, 0.2) is 0 Å². The molecule has 0 radical (unpaired) electrons. The van der Waals surface area contributed by atoms with Crippen molar-refractivity contribution in [3.8, 4) is 0 Å². The lowest BCUT2D eigenvalue weighted by atomic mass is 9.69. The van der Waals surface area contributed by atoms with Crippen LogP contribution < -0.4 is 5.48 Å². The molecule has 2 aliphatic rings. The van der Waals surface area contributed by atoms with E-state index in [1.165, 1.54) is 24.8 Å². The van der Waals surface area contributed by atoms with Crippen molar-refractivity contribution in [2.75, 3.05) is 0 Å². The number of para-hydroxylation sites is 1. The van der Waals surface area contributed by atoms with Crippen molar-refractivity contribution in [3.05, 3.63) is 29.8 Å². The Morgan fingerprint density at radius 3 is 2.62 bits per heavy atom. The largest absolute Gasteiger partial charge is 0.290 e. The van der Waals surface area contributed by atoms with E-state index in [0.717, 1.165) is 24.4 Å². The summed E-state index contributed by atoms with van der Waals surface area (Å²) in [5, 5.41) is 9.27. The molecule has 1 aromatic rings. The average Bonchev–Trinajstić information content (AvgIpc) is 2.65. The Hall–Kier alpha value is -1.35. The average molecular weight is 216 g/mol. The van der Waals surface area contributed by atoms with Gasteiger partial charge in [-0.2, -0.15) is 0 Å². The molecule has 1 aliphatic heterocycles. The van der Waals surface area contributed by atoms with Gasteiger partial charge in [-0.1, -0.05) is 37.5 Å². The highest BCUT2D eigenvalue weighted by Crippen LogP contribution is 2.48. The Morgan fingerprint density at radius 2 is 1.88 bits per heavy atom. The van der Waals surface area contributed by atoms with Crippen molar-refractivity contribution in [2.45, 2.75) is 37.5 Å². The highest BCUT2D eigenvalue weighted by atomic mass is 16.5. The number of aliphatic imine (C=N–C) groups is 1. The molecule has 3 heteroatoms. The first-order valence-corrected chi connectivity index (χ1v) is 5.96. The fourth-order valence-corrected chi connectivity index (χ4v) is 3.12. The predicted molar refractivity (Wildman–Crippen MR) is 63.2 cm³/mol. The Kier molecular flexibility index (Phi) is 2.21. The van der Waals surface area contributed by atoms with E-state index in [1.54, 1.807) is 0 Å². The summed E-state index contributed by atoms with van der Waals surface area (Å²) in [5.74, 6) is 0.744. The van der Waals surface area contributed by atoms with Gasteiger partial charge in [-0.25, -0.2) is 4.99 Å². The molecule has 3 nitrogen and oxygen atoms in total. The van der Waals surface area contributed by atoms with Crippen LogP contribution in [0.25, 0.3) is 0 Å². The molecule has 0 amide bonds. The Bertz CT molecular complexity index is 433. The first-order valence-electron chi connectivity index (χ1n) is 5.96. The van der Waals surface area contributed by atoms with E-state index in [2.05, 4.69) is 22.6 Å². The van der Waals surface area contributed by atoms with Gasteiger partial charge in [-0.05, 0) is 24.5 Å². The summed E-state index contributed by atoms with van der Waals surface area (Å²) in [6.45, 7) is 0. The molecule has 0 atom stereocenters. The third-order valence-electron chi connectivity index (χ3n) is 3.92. The van der Waals surface area contributed by atoms with Gasteiger partial charge in [0, 0.05) is 0 Å². The Balaban J connectivity index is 2.12. The van der Waals surface area contributed by atoms with Gasteiger partial charge in [0.2, 0.25) is 0 Å². The van der Waals surface area contributed by atoms with Crippen molar-refractivity contribution < 1.29 is 5.21 Å². The normalized spacial score (nSPS) is 21.7. The molecule has 1 fully saturated rings. The second-order valence-electron chi connectivity index (χ2n) is 4.73. The fourth-order valence-electron chi connectivity index (χ4n) is 3.12. The van der Waals surface area contributed by atoms with Crippen LogP contribution in [0.1, 0.15) is 37.7 Å². The van der Waals surface area contributed by atoms with Crippen LogP contribution in [-0.4, -0.2) is 11.0 Å².